The molecule has 0 saturated carbocycles. The SMILES string of the molecule is CCCCOCCOCC(=O)N1CCC(C(=O)NN)CC1. The minimum absolute atomic E-state index is 0.0323. The molecular weight excluding hydrogens is 274 g/mol. The van der Waals surface area contributed by atoms with E-state index in [-0.39, 0.29) is 24.3 Å². The van der Waals surface area contributed by atoms with Crippen LogP contribution in [0, 0.1) is 5.92 Å². The Morgan fingerprint density at radius 2 is 1.86 bits per heavy atom. The van der Waals surface area contributed by atoms with E-state index < -0.39 is 0 Å². The summed E-state index contributed by atoms with van der Waals surface area (Å²) in [6.45, 7) is 5.03. The summed E-state index contributed by atoms with van der Waals surface area (Å²) >= 11 is 0. The first-order valence-corrected chi connectivity index (χ1v) is 7.62. The molecule has 7 heteroatoms. The minimum Gasteiger partial charge on any atom is -0.379 e. The number of nitrogens with one attached hydrogen (secondary N) is 1. The van der Waals surface area contributed by atoms with Crippen LogP contribution in [0.25, 0.3) is 0 Å². The van der Waals surface area contributed by atoms with Crippen molar-refractivity contribution in [2.45, 2.75) is 32.6 Å². The lowest BCUT2D eigenvalue weighted by Crippen LogP contribution is -2.45. The van der Waals surface area contributed by atoms with Gasteiger partial charge in [0.1, 0.15) is 6.61 Å². The van der Waals surface area contributed by atoms with Gasteiger partial charge in [-0.1, -0.05) is 13.3 Å². The van der Waals surface area contributed by atoms with Gasteiger partial charge in [-0.15, -0.1) is 0 Å². The van der Waals surface area contributed by atoms with E-state index in [0.717, 1.165) is 19.4 Å². The number of hydrogen-bond donors (Lipinski definition) is 2. The number of carbonyl (C=O) groups excluding carboxylic acids is 2. The van der Waals surface area contributed by atoms with E-state index in [1.54, 1.807) is 4.90 Å². The molecule has 0 atom stereocenters. The smallest absolute Gasteiger partial charge is 0.248 e. The molecule has 1 aliphatic heterocycles. The van der Waals surface area contributed by atoms with E-state index in [0.29, 0.717) is 39.1 Å². The molecule has 1 aliphatic rings. The molecule has 0 spiro atoms. The summed E-state index contributed by atoms with van der Waals surface area (Å²) in [5, 5.41) is 0. The zero-order valence-electron chi connectivity index (χ0n) is 12.8. The predicted octanol–water partition coefficient (Wildman–Crippen LogP) is 0.0482. The monoisotopic (exact) mass is 301 g/mol. The highest BCUT2D eigenvalue weighted by molar-refractivity contribution is 5.80. The van der Waals surface area contributed by atoms with Crippen LogP contribution in [0.4, 0.5) is 0 Å². The van der Waals surface area contributed by atoms with Crippen LogP contribution in [0.1, 0.15) is 32.6 Å². The first kappa shape index (κ1) is 17.9. The molecule has 1 fully saturated rings. The van der Waals surface area contributed by atoms with Crippen molar-refractivity contribution in [3.63, 3.8) is 0 Å². The molecule has 0 unspecified atom stereocenters. The van der Waals surface area contributed by atoms with Crippen LogP contribution in [-0.2, 0) is 19.1 Å². The van der Waals surface area contributed by atoms with Crippen LogP contribution < -0.4 is 11.3 Å². The highest BCUT2D eigenvalue weighted by Gasteiger charge is 2.26. The van der Waals surface area contributed by atoms with E-state index in [4.69, 9.17) is 15.3 Å². The lowest BCUT2D eigenvalue weighted by Gasteiger charge is -2.30. The van der Waals surface area contributed by atoms with E-state index in [9.17, 15) is 9.59 Å². The molecule has 0 aromatic carbocycles. The molecule has 122 valence electrons. The summed E-state index contributed by atoms with van der Waals surface area (Å²) in [6.07, 6.45) is 3.45. The number of ether oxygens (including phenoxy) is 2. The Morgan fingerprint density at radius 3 is 2.48 bits per heavy atom. The topological polar surface area (TPSA) is 93.9 Å². The second kappa shape index (κ2) is 10.5. The first-order valence-electron chi connectivity index (χ1n) is 7.62. The number of hydrogen-bond acceptors (Lipinski definition) is 5. The van der Waals surface area contributed by atoms with Crippen molar-refractivity contribution < 1.29 is 19.1 Å². The second-order valence-corrected chi connectivity index (χ2v) is 5.18. The molecule has 0 aromatic rings. The zero-order valence-corrected chi connectivity index (χ0v) is 12.8. The van der Waals surface area contributed by atoms with Crippen LogP contribution >= 0.6 is 0 Å². The van der Waals surface area contributed by atoms with E-state index in [2.05, 4.69) is 12.3 Å². The number of nitrogens with zero attached hydrogens (tertiary/aromatic N) is 1. The lowest BCUT2D eigenvalue weighted by atomic mass is 9.96. The summed E-state index contributed by atoms with van der Waals surface area (Å²) in [5.41, 5.74) is 2.16. The summed E-state index contributed by atoms with van der Waals surface area (Å²) in [7, 11) is 0. The average Bonchev–Trinajstić information content (AvgIpc) is 2.53. The zero-order chi connectivity index (χ0) is 15.5. The minimum atomic E-state index is -0.150. The van der Waals surface area contributed by atoms with Gasteiger partial charge in [0.2, 0.25) is 11.8 Å². The largest absolute Gasteiger partial charge is 0.379 e. The van der Waals surface area contributed by atoms with Crippen LogP contribution in [0.2, 0.25) is 0 Å². The number of rotatable bonds is 9. The van der Waals surface area contributed by atoms with Gasteiger partial charge in [0.15, 0.2) is 0 Å². The maximum absolute atomic E-state index is 11.9. The fourth-order valence-corrected chi connectivity index (χ4v) is 2.23. The number of hydrazine groups is 1. The van der Waals surface area contributed by atoms with Gasteiger partial charge < -0.3 is 14.4 Å². The Kier molecular flexibility index (Phi) is 8.96. The molecule has 21 heavy (non-hydrogen) atoms. The Labute approximate surface area is 126 Å². The highest BCUT2D eigenvalue weighted by atomic mass is 16.5. The molecule has 2 amide bonds. The van der Waals surface area contributed by atoms with Crippen molar-refractivity contribution in [1.82, 2.24) is 10.3 Å². The summed E-state index contributed by atoms with van der Waals surface area (Å²) in [5.74, 6) is 4.84. The van der Waals surface area contributed by atoms with Gasteiger partial charge in [-0.25, -0.2) is 5.84 Å². The standard InChI is InChI=1S/C14H27N3O4/c1-2-3-8-20-9-10-21-11-13(18)17-6-4-12(5-7-17)14(19)16-15/h12H,2-11,15H2,1H3,(H,16,19). The number of amides is 2. The molecule has 3 N–H and O–H groups in total. The number of piperidine rings is 1. The fraction of sp³-hybridized carbons (Fsp3) is 0.857. The molecule has 7 nitrogen and oxygen atoms in total. The quantitative estimate of drug-likeness (QED) is 0.272. The van der Waals surface area contributed by atoms with Gasteiger partial charge in [0, 0.05) is 25.6 Å². The number of unbranched alkanes of at least 4 members (excludes halogenated alkanes) is 1. The molecular formula is C14H27N3O4. The van der Waals surface area contributed by atoms with Gasteiger partial charge in [0.05, 0.1) is 13.2 Å². The molecule has 0 aromatic heterocycles. The molecule has 1 saturated heterocycles. The van der Waals surface area contributed by atoms with Gasteiger partial charge >= 0.3 is 0 Å². The fourth-order valence-electron chi connectivity index (χ4n) is 2.23. The van der Waals surface area contributed by atoms with Gasteiger partial charge in [-0.2, -0.15) is 0 Å². The third kappa shape index (κ3) is 6.88. The van der Waals surface area contributed by atoms with Crippen molar-refractivity contribution in [3.8, 4) is 0 Å². The van der Waals surface area contributed by atoms with Gasteiger partial charge in [0.25, 0.3) is 0 Å². The lowest BCUT2D eigenvalue weighted by molar-refractivity contribution is -0.140. The van der Waals surface area contributed by atoms with Crippen LogP contribution in [0.15, 0.2) is 0 Å². The van der Waals surface area contributed by atoms with E-state index >= 15 is 0 Å². The molecule has 0 aliphatic carbocycles. The van der Waals surface area contributed by atoms with Crippen LogP contribution in [0.5, 0.6) is 0 Å². The maximum Gasteiger partial charge on any atom is 0.248 e. The Hall–Kier alpha value is -1.18. The van der Waals surface area contributed by atoms with E-state index in [1.807, 2.05) is 0 Å². The molecule has 0 radical (unpaired) electrons. The first-order chi connectivity index (χ1) is 10.2. The number of nitrogens with two attached hydrogens (primary N) is 1. The average molecular weight is 301 g/mol. The molecule has 1 rings (SSSR count). The second-order valence-electron chi connectivity index (χ2n) is 5.18. The van der Waals surface area contributed by atoms with Crippen molar-refractivity contribution in [2.24, 2.45) is 11.8 Å². The summed E-state index contributed by atoms with van der Waals surface area (Å²) < 4.78 is 10.7. The highest BCUT2D eigenvalue weighted by Crippen LogP contribution is 2.17. The van der Waals surface area contributed by atoms with Crippen molar-refractivity contribution in [1.29, 1.82) is 0 Å². The van der Waals surface area contributed by atoms with Crippen molar-refractivity contribution in [2.75, 3.05) is 39.5 Å². The summed E-state index contributed by atoms with van der Waals surface area (Å²) in [4.78, 5) is 25.0. The predicted molar refractivity (Wildman–Crippen MR) is 78.2 cm³/mol. The van der Waals surface area contributed by atoms with Crippen LogP contribution in [-0.4, -0.2) is 56.2 Å². The summed E-state index contributed by atoms with van der Waals surface area (Å²) in [6, 6.07) is 0. The van der Waals surface area contributed by atoms with Crippen molar-refractivity contribution in [3.05, 3.63) is 0 Å². The Bertz CT molecular complexity index is 317. The molecule has 0 bridgehead atoms. The molecule has 1 heterocycles. The van der Waals surface area contributed by atoms with Gasteiger partial charge in [-0.05, 0) is 19.3 Å². The third-order valence-corrected chi connectivity index (χ3v) is 3.60. The number of carbonyl (C=O) groups is 2. The van der Waals surface area contributed by atoms with E-state index in [1.165, 1.54) is 0 Å². The van der Waals surface area contributed by atoms with Gasteiger partial charge in [-0.3, -0.25) is 15.0 Å². The number of likely N-dealkylation sites (tertiary alicyclic amines) is 1. The maximum atomic E-state index is 11.9. The third-order valence-electron chi connectivity index (χ3n) is 3.60. The van der Waals surface area contributed by atoms with Crippen molar-refractivity contribution >= 4 is 11.8 Å². The Morgan fingerprint density at radius 1 is 1.19 bits per heavy atom. The normalized spacial score (nSPS) is 16.0. The Balaban J connectivity index is 2.07. The van der Waals surface area contributed by atoms with Crippen LogP contribution in [0.3, 0.4) is 0 Å².